The average molecular weight is 365 g/mol. The standard InChI is InChI=1S/C19H31N3O4/c1-19(2,3)26-18(25)22-9-7-21(8-10-22)13-15-5-4-6-16(11-15)20-12-17(24)14-23/h4-6,11,17,20,23-24H,7-10,12-14H2,1-3H3. The Hall–Kier alpha value is -1.83. The highest BCUT2D eigenvalue weighted by atomic mass is 16.6. The molecular formula is C19H31N3O4. The summed E-state index contributed by atoms with van der Waals surface area (Å²) in [6.07, 6.45) is -1.01. The lowest BCUT2D eigenvalue weighted by Crippen LogP contribution is -2.49. The van der Waals surface area contributed by atoms with Gasteiger partial charge in [-0.05, 0) is 38.5 Å². The number of benzene rings is 1. The molecule has 0 saturated carbocycles. The number of aliphatic hydroxyl groups is 2. The van der Waals surface area contributed by atoms with Gasteiger partial charge in [0.15, 0.2) is 0 Å². The number of carbonyl (C=O) groups excluding carboxylic acids is 1. The van der Waals surface area contributed by atoms with Crippen molar-refractivity contribution in [1.82, 2.24) is 9.80 Å². The summed E-state index contributed by atoms with van der Waals surface area (Å²) in [5.74, 6) is 0. The van der Waals surface area contributed by atoms with Gasteiger partial charge in [-0.15, -0.1) is 0 Å². The lowest BCUT2D eigenvalue weighted by Gasteiger charge is -2.35. The van der Waals surface area contributed by atoms with Crippen LogP contribution in [0.5, 0.6) is 0 Å². The Bertz CT molecular complexity index is 580. The number of hydrogen-bond acceptors (Lipinski definition) is 6. The van der Waals surface area contributed by atoms with Crippen molar-refractivity contribution in [2.75, 3.05) is 44.6 Å². The van der Waals surface area contributed by atoms with E-state index in [9.17, 15) is 9.90 Å². The summed E-state index contributed by atoms with van der Waals surface area (Å²) in [7, 11) is 0. The number of carbonyl (C=O) groups is 1. The zero-order valence-corrected chi connectivity index (χ0v) is 15.9. The molecule has 1 aliphatic heterocycles. The molecule has 1 heterocycles. The quantitative estimate of drug-likeness (QED) is 0.709. The normalized spacial score (nSPS) is 17.0. The minimum atomic E-state index is -0.764. The summed E-state index contributed by atoms with van der Waals surface area (Å²) in [6, 6.07) is 8.02. The number of aliphatic hydroxyl groups excluding tert-OH is 2. The van der Waals surface area contributed by atoms with Crippen molar-refractivity contribution >= 4 is 11.8 Å². The van der Waals surface area contributed by atoms with Crippen molar-refractivity contribution in [3.63, 3.8) is 0 Å². The number of rotatable bonds is 6. The van der Waals surface area contributed by atoms with Gasteiger partial charge >= 0.3 is 6.09 Å². The van der Waals surface area contributed by atoms with Gasteiger partial charge in [-0.25, -0.2) is 4.79 Å². The van der Waals surface area contributed by atoms with Crippen LogP contribution in [0, 0.1) is 0 Å². The molecule has 26 heavy (non-hydrogen) atoms. The molecule has 2 rings (SSSR count). The molecule has 1 amide bonds. The Kier molecular flexibility index (Phi) is 7.25. The van der Waals surface area contributed by atoms with E-state index in [1.54, 1.807) is 4.90 Å². The van der Waals surface area contributed by atoms with E-state index < -0.39 is 11.7 Å². The van der Waals surface area contributed by atoms with E-state index in [2.05, 4.69) is 16.3 Å². The molecule has 1 aliphatic rings. The molecule has 1 atom stereocenters. The predicted octanol–water partition coefficient (Wildman–Crippen LogP) is 1.50. The Morgan fingerprint density at radius 2 is 1.96 bits per heavy atom. The second-order valence-corrected chi connectivity index (χ2v) is 7.66. The molecule has 7 nitrogen and oxygen atoms in total. The molecule has 0 spiro atoms. The zero-order chi connectivity index (χ0) is 19.2. The molecule has 0 bridgehead atoms. The van der Waals surface area contributed by atoms with Gasteiger partial charge in [-0.2, -0.15) is 0 Å². The summed E-state index contributed by atoms with van der Waals surface area (Å²) < 4.78 is 5.42. The maximum absolute atomic E-state index is 12.1. The highest BCUT2D eigenvalue weighted by Gasteiger charge is 2.25. The van der Waals surface area contributed by atoms with Crippen LogP contribution in [0.2, 0.25) is 0 Å². The molecule has 0 aromatic heterocycles. The number of nitrogens with zero attached hydrogens (tertiary/aromatic N) is 2. The second-order valence-electron chi connectivity index (χ2n) is 7.66. The third-order valence-electron chi connectivity index (χ3n) is 4.11. The third-order valence-corrected chi connectivity index (χ3v) is 4.11. The highest BCUT2D eigenvalue weighted by Crippen LogP contribution is 2.16. The molecule has 146 valence electrons. The molecule has 1 saturated heterocycles. The van der Waals surface area contributed by atoms with E-state index in [4.69, 9.17) is 9.84 Å². The van der Waals surface area contributed by atoms with E-state index in [0.717, 1.165) is 25.3 Å². The van der Waals surface area contributed by atoms with Gasteiger partial charge in [0.25, 0.3) is 0 Å². The largest absolute Gasteiger partial charge is 0.444 e. The SMILES string of the molecule is CC(C)(C)OC(=O)N1CCN(Cc2cccc(NCC(O)CO)c2)CC1. The minimum absolute atomic E-state index is 0.245. The Morgan fingerprint density at radius 3 is 2.58 bits per heavy atom. The van der Waals surface area contributed by atoms with Crippen molar-refractivity contribution in [1.29, 1.82) is 0 Å². The Morgan fingerprint density at radius 1 is 1.27 bits per heavy atom. The molecule has 1 aromatic carbocycles. The van der Waals surface area contributed by atoms with Crippen molar-refractivity contribution in [2.45, 2.75) is 39.0 Å². The zero-order valence-electron chi connectivity index (χ0n) is 15.9. The van der Waals surface area contributed by atoms with Gasteiger partial charge in [-0.3, -0.25) is 4.90 Å². The fourth-order valence-corrected chi connectivity index (χ4v) is 2.75. The van der Waals surface area contributed by atoms with Crippen LogP contribution in [0.15, 0.2) is 24.3 Å². The van der Waals surface area contributed by atoms with E-state index in [-0.39, 0.29) is 12.7 Å². The number of nitrogens with one attached hydrogen (secondary N) is 1. The summed E-state index contributed by atoms with van der Waals surface area (Å²) in [6.45, 7) is 9.43. The van der Waals surface area contributed by atoms with Crippen LogP contribution >= 0.6 is 0 Å². The lowest BCUT2D eigenvalue weighted by atomic mass is 10.1. The van der Waals surface area contributed by atoms with Gasteiger partial charge in [0.2, 0.25) is 0 Å². The van der Waals surface area contributed by atoms with Gasteiger partial charge in [0, 0.05) is 45.0 Å². The molecule has 0 aliphatic carbocycles. The topological polar surface area (TPSA) is 85.3 Å². The van der Waals surface area contributed by atoms with Crippen LogP contribution in [0.1, 0.15) is 26.3 Å². The van der Waals surface area contributed by atoms with Crippen LogP contribution < -0.4 is 5.32 Å². The van der Waals surface area contributed by atoms with Gasteiger partial charge in [0.05, 0.1) is 12.7 Å². The lowest BCUT2D eigenvalue weighted by molar-refractivity contribution is 0.0139. The summed E-state index contributed by atoms with van der Waals surface area (Å²) >= 11 is 0. The first-order valence-corrected chi connectivity index (χ1v) is 9.09. The van der Waals surface area contributed by atoms with Crippen LogP contribution in [0.3, 0.4) is 0 Å². The van der Waals surface area contributed by atoms with Crippen LogP contribution in [0.25, 0.3) is 0 Å². The Labute approximate surface area is 155 Å². The number of amides is 1. The average Bonchev–Trinajstić information content (AvgIpc) is 2.59. The first-order valence-electron chi connectivity index (χ1n) is 9.09. The van der Waals surface area contributed by atoms with Crippen molar-refractivity contribution < 1.29 is 19.7 Å². The van der Waals surface area contributed by atoms with Gasteiger partial charge in [0.1, 0.15) is 5.60 Å². The summed E-state index contributed by atoms with van der Waals surface area (Å²) in [4.78, 5) is 16.2. The number of piperazine rings is 1. The summed E-state index contributed by atoms with van der Waals surface area (Å²) in [5, 5.41) is 21.4. The molecule has 1 aromatic rings. The Balaban J connectivity index is 1.81. The smallest absolute Gasteiger partial charge is 0.410 e. The van der Waals surface area contributed by atoms with E-state index in [1.165, 1.54) is 5.56 Å². The van der Waals surface area contributed by atoms with Gasteiger partial charge in [-0.1, -0.05) is 12.1 Å². The van der Waals surface area contributed by atoms with Crippen molar-refractivity contribution in [3.05, 3.63) is 29.8 Å². The number of anilines is 1. The second kappa shape index (κ2) is 9.21. The molecule has 0 radical (unpaired) electrons. The number of ether oxygens (including phenoxy) is 1. The molecule has 3 N–H and O–H groups in total. The van der Waals surface area contributed by atoms with Gasteiger partial charge < -0.3 is 25.2 Å². The number of hydrogen-bond donors (Lipinski definition) is 3. The van der Waals surface area contributed by atoms with Crippen LogP contribution in [-0.4, -0.2) is 77.1 Å². The maximum Gasteiger partial charge on any atom is 0.410 e. The van der Waals surface area contributed by atoms with E-state index in [0.29, 0.717) is 19.6 Å². The fourth-order valence-electron chi connectivity index (χ4n) is 2.75. The van der Waals surface area contributed by atoms with Crippen molar-refractivity contribution in [2.24, 2.45) is 0 Å². The minimum Gasteiger partial charge on any atom is -0.444 e. The third kappa shape index (κ3) is 6.82. The molecule has 7 heteroatoms. The molecule has 1 fully saturated rings. The maximum atomic E-state index is 12.1. The molecule has 1 unspecified atom stereocenters. The van der Waals surface area contributed by atoms with Crippen molar-refractivity contribution in [3.8, 4) is 0 Å². The van der Waals surface area contributed by atoms with E-state index in [1.807, 2.05) is 39.0 Å². The molecular weight excluding hydrogens is 334 g/mol. The first kappa shape index (κ1) is 20.5. The summed E-state index contributed by atoms with van der Waals surface area (Å²) in [5.41, 5.74) is 1.62. The highest BCUT2D eigenvalue weighted by molar-refractivity contribution is 5.68. The predicted molar refractivity (Wildman–Crippen MR) is 101 cm³/mol. The van der Waals surface area contributed by atoms with Crippen LogP contribution in [0.4, 0.5) is 10.5 Å². The van der Waals surface area contributed by atoms with E-state index >= 15 is 0 Å². The monoisotopic (exact) mass is 365 g/mol. The fraction of sp³-hybridized carbons (Fsp3) is 0.632. The first-order chi connectivity index (χ1) is 12.3. The van der Waals surface area contributed by atoms with Crippen LogP contribution in [-0.2, 0) is 11.3 Å².